The number of rotatable bonds is 43. The lowest BCUT2D eigenvalue weighted by Crippen LogP contribution is -2.30. The molecule has 0 spiro atoms. The van der Waals surface area contributed by atoms with Crippen LogP contribution in [0.4, 0.5) is 0 Å². The number of ether oxygens (including phenoxy) is 3. The number of hydrogen-bond donors (Lipinski definition) is 0. The van der Waals surface area contributed by atoms with Gasteiger partial charge in [0.15, 0.2) is 6.10 Å². The summed E-state index contributed by atoms with van der Waals surface area (Å²) < 4.78 is 16.7. The highest BCUT2D eigenvalue weighted by molar-refractivity contribution is 5.71. The minimum atomic E-state index is -0.757. The molecule has 1 atom stereocenters. The Labute approximate surface area is 329 Å². The van der Waals surface area contributed by atoms with Crippen LogP contribution in [-0.2, 0) is 28.6 Å². The molecule has 0 rings (SSSR count). The second-order valence-electron chi connectivity index (χ2n) is 16.0. The third kappa shape index (κ3) is 41.4. The molecule has 0 aromatic carbocycles. The molecule has 0 N–H and O–H groups in total. The largest absolute Gasteiger partial charge is 0.462 e. The fraction of sp³-hybridized carbons (Fsp3) is 0.936. The van der Waals surface area contributed by atoms with Crippen molar-refractivity contribution in [3.05, 3.63) is 0 Å². The SMILES string of the molecule is CCCCCCCCCCCCCCCCCC(=O)O[C@@H](COC(=O)CCCCCCCCCCC)COC(=O)CCCCCCCCCCCCC. The van der Waals surface area contributed by atoms with Gasteiger partial charge >= 0.3 is 17.9 Å². The van der Waals surface area contributed by atoms with Crippen molar-refractivity contribution in [3.8, 4) is 0 Å². The van der Waals surface area contributed by atoms with E-state index >= 15 is 0 Å². The van der Waals surface area contributed by atoms with E-state index in [1.54, 1.807) is 0 Å². The Kier molecular flexibility index (Phi) is 41.8. The zero-order valence-corrected chi connectivity index (χ0v) is 35.8. The van der Waals surface area contributed by atoms with Crippen molar-refractivity contribution in [1.29, 1.82) is 0 Å². The van der Waals surface area contributed by atoms with Crippen molar-refractivity contribution in [3.63, 3.8) is 0 Å². The fourth-order valence-corrected chi connectivity index (χ4v) is 7.03. The zero-order chi connectivity index (χ0) is 38.7. The lowest BCUT2D eigenvalue weighted by molar-refractivity contribution is -0.167. The summed E-state index contributed by atoms with van der Waals surface area (Å²) in [7, 11) is 0. The summed E-state index contributed by atoms with van der Waals surface area (Å²) in [6, 6.07) is 0. The smallest absolute Gasteiger partial charge is 0.306 e. The Bertz CT molecular complexity index is 783. The molecule has 0 fully saturated rings. The average Bonchev–Trinajstić information content (AvgIpc) is 3.15. The zero-order valence-electron chi connectivity index (χ0n) is 35.8. The molecule has 0 bridgehead atoms. The Morgan fingerprint density at radius 1 is 0.302 bits per heavy atom. The summed E-state index contributed by atoms with van der Waals surface area (Å²) in [4.78, 5) is 37.7. The minimum absolute atomic E-state index is 0.0627. The van der Waals surface area contributed by atoms with Crippen molar-refractivity contribution in [2.45, 2.75) is 271 Å². The van der Waals surface area contributed by atoms with Gasteiger partial charge in [0.1, 0.15) is 13.2 Å². The van der Waals surface area contributed by atoms with E-state index in [1.165, 1.54) is 167 Å². The van der Waals surface area contributed by atoms with Crippen LogP contribution in [0, 0.1) is 0 Å². The van der Waals surface area contributed by atoms with Crippen molar-refractivity contribution in [1.82, 2.24) is 0 Å². The van der Waals surface area contributed by atoms with E-state index in [0.717, 1.165) is 57.8 Å². The lowest BCUT2D eigenvalue weighted by Gasteiger charge is -2.18. The predicted molar refractivity (Wildman–Crippen MR) is 224 cm³/mol. The van der Waals surface area contributed by atoms with Crippen LogP contribution in [0.5, 0.6) is 0 Å². The second-order valence-corrected chi connectivity index (χ2v) is 16.0. The van der Waals surface area contributed by atoms with Gasteiger partial charge in [0.05, 0.1) is 0 Å². The molecule has 6 nitrogen and oxygen atoms in total. The molecular formula is C47H90O6. The molecule has 0 aromatic heterocycles. The molecule has 0 radical (unpaired) electrons. The van der Waals surface area contributed by atoms with Crippen molar-refractivity contribution in [2.75, 3.05) is 13.2 Å². The van der Waals surface area contributed by atoms with Crippen molar-refractivity contribution < 1.29 is 28.6 Å². The van der Waals surface area contributed by atoms with Gasteiger partial charge in [0, 0.05) is 19.3 Å². The van der Waals surface area contributed by atoms with Crippen LogP contribution in [-0.4, -0.2) is 37.2 Å². The van der Waals surface area contributed by atoms with Gasteiger partial charge in [0.25, 0.3) is 0 Å². The molecule has 0 heterocycles. The summed E-state index contributed by atoms with van der Waals surface area (Å²) in [5.41, 5.74) is 0. The van der Waals surface area contributed by atoms with E-state index in [1.807, 2.05) is 0 Å². The van der Waals surface area contributed by atoms with Gasteiger partial charge < -0.3 is 14.2 Å². The van der Waals surface area contributed by atoms with Crippen LogP contribution in [0.3, 0.4) is 0 Å². The van der Waals surface area contributed by atoms with Gasteiger partial charge in [-0.25, -0.2) is 0 Å². The first kappa shape index (κ1) is 51.4. The maximum atomic E-state index is 12.7. The lowest BCUT2D eigenvalue weighted by atomic mass is 10.0. The molecule has 0 unspecified atom stereocenters. The van der Waals surface area contributed by atoms with Crippen LogP contribution in [0.15, 0.2) is 0 Å². The molecular weight excluding hydrogens is 661 g/mol. The summed E-state index contributed by atoms with van der Waals surface area (Å²) in [6.07, 6.45) is 43.7. The highest BCUT2D eigenvalue weighted by Crippen LogP contribution is 2.16. The van der Waals surface area contributed by atoms with Gasteiger partial charge in [-0.15, -0.1) is 0 Å². The van der Waals surface area contributed by atoms with Crippen LogP contribution in [0.1, 0.15) is 265 Å². The maximum absolute atomic E-state index is 12.7. The van der Waals surface area contributed by atoms with Gasteiger partial charge in [-0.3, -0.25) is 14.4 Å². The number of esters is 3. The Hall–Kier alpha value is -1.59. The first-order valence-electron chi connectivity index (χ1n) is 23.5. The van der Waals surface area contributed by atoms with E-state index in [-0.39, 0.29) is 31.1 Å². The second kappa shape index (κ2) is 43.1. The molecule has 0 saturated carbocycles. The molecule has 314 valence electrons. The quantitative estimate of drug-likeness (QED) is 0.0351. The highest BCUT2D eigenvalue weighted by Gasteiger charge is 2.19. The van der Waals surface area contributed by atoms with E-state index < -0.39 is 6.10 Å². The molecule has 0 saturated heterocycles. The van der Waals surface area contributed by atoms with Crippen LogP contribution in [0.2, 0.25) is 0 Å². The van der Waals surface area contributed by atoms with Gasteiger partial charge in [0.2, 0.25) is 0 Å². The fourth-order valence-electron chi connectivity index (χ4n) is 7.03. The van der Waals surface area contributed by atoms with Gasteiger partial charge in [-0.05, 0) is 19.3 Å². The summed E-state index contributed by atoms with van der Waals surface area (Å²) in [6.45, 7) is 6.64. The van der Waals surface area contributed by atoms with E-state index in [2.05, 4.69) is 20.8 Å². The summed E-state index contributed by atoms with van der Waals surface area (Å²) in [5, 5.41) is 0. The summed E-state index contributed by atoms with van der Waals surface area (Å²) >= 11 is 0. The van der Waals surface area contributed by atoms with E-state index in [0.29, 0.717) is 19.3 Å². The molecule has 0 aliphatic rings. The topological polar surface area (TPSA) is 78.9 Å². The van der Waals surface area contributed by atoms with Gasteiger partial charge in [-0.1, -0.05) is 226 Å². The predicted octanol–water partition coefficient (Wildman–Crippen LogP) is 14.9. The van der Waals surface area contributed by atoms with Crippen molar-refractivity contribution >= 4 is 17.9 Å². The summed E-state index contributed by atoms with van der Waals surface area (Å²) in [5.74, 6) is -0.852. The van der Waals surface area contributed by atoms with Crippen molar-refractivity contribution in [2.24, 2.45) is 0 Å². The molecule has 0 amide bonds. The number of carbonyl (C=O) groups excluding carboxylic acids is 3. The van der Waals surface area contributed by atoms with E-state index in [9.17, 15) is 14.4 Å². The highest BCUT2D eigenvalue weighted by atomic mass is 16.6. The van der Waals surface area contributed by atoms with Gasteiger partial charge in [-0.2, -0.15) is 0 Å². The first-order chi connectivity index (χ1) is 26.0. The van der Waals surface area contributed by atoms with Crippen LogP contribution < -0.4 is 0 Å². The maximum Gasteiger partial charge on any atom is 0.306 e. The molecule has 0 aromatic rings. The van der Waals surface area contributed by atoms with E-state index in [4.69, 9.17) is 14.2 Å². The number of hydrogen-bond acceptors (Lipinski definition) is 6. The molecule has 0 aliphatic carbocycles. The molecule has 53 heavy (non-hydrogen) atoms. The first-order valence-corrected chi connectivity index (χ1v) is 23.5. The minimum Gasteiger partial charge on any atom is -0.462 e. The average molecular weight is 751 g/mol. The normalized spacial score (nSPS) is 11.8. The van der Waals surface area contributed by atoms with Crippen LogP contribution >= 0.6 is 0 Å². The Morgan fingerprint density at radius 3 is 0.755 bits per heavy atom. The standard InChI is InChI=1S/C47H90O6/c1-4-7-10-13-16-19-21-22-23-24-26-29-32-35-38-41-47(50)53-44(42-51-45(48)39-36-33-30-27-18-15-12-9-6-3)43-52-46(49)40-37-34-31-28-25-20-17-14-11-8-5-2/h44H,4-43H2,1-3H3/t44-/m0/s1. The number of carbonyl (C=O) groups is 3. The third-order valence-corrected chi connectivity index (χ3v) is 10.6. The van der Waals surface area contributed by atoms with Crippen LogP contribution in [0.25, 0.3) is 0 Å². The Morgan fingerprint density at radius 2 is 0.509 bits per heavy atom. The molecule has 0 aliphatic heterocycles. The monoisotopic (exact) mass is 751 g/mol. The molecule has 6 heteroatoms. The number of unbranched alkanes of at least 4 members (excludes halogenated alkanes) is 32. The third-order valence-electron chi connectivity index (χ3n) is 10.6. The Balaban J connectivity index is 4.29.